The Morgan fingerprint density at radius 2 is 2.00 bits per heavy atom. The molecule has 0 aliphatic heterocycles. The standard InChI is InChI=1S/C18H14FN5OS/c1-12-5-7-13(8-6-12)17-20-15(10-25-17)11-26-18-21-22-23-24(18)16-4-2-3-14(19)9-16/h2-10H,11H2,1H3. The van der Waals surface area contributed by atoms with E-state index in [0.29, 0.717) is 22.5 Å². The van der Waals surface area contributed by atoms with Crippen molar-refractivity contribution in [3.63, 3.8) is 0 Å². The van der Waals surface area contributed by atoms with Crippen molar-refractivity contribution >= 4 is 11.8 Å². The molecular weight excluding hydrogens is 353 g/mol. The monoisotopic (exact) mass is 367 g/mol. The lowest BCUT2D eigenvalue weighted by atomic mass is 10.1. The minimum atomic E-state index is -0.340. The highest BCUT2D eigenvalue weighted by atomic mass is 32.2. The summed E-state index contributed by atoms with van der Waals surface area (Å²) in [4.78, 5) is 4.50. The van der Waals surface area contributed by atoms with Gasteiger partial charge in [-0.1, -0.05) is 35.5 Å². The maximum absolute atomic E-state index is 13.4. The summed E-state index contributed by atoms with van der Waals surface area (Å²) in [5, 5.41) is 12.1. The maximum atomic E-state index is 13.4. The van der Waals surface area contributed by atoms with E-state index >= 15 is 0 Å². The summed E-state index contributed by atoms with van der Waals surface area (Å²) in [6.45, 7) is 2.03. The van der Waals surface area contributed by atoms with Gasteiger partial charge in [-0.15, -0.1) is 5.10 Å². The van der Waals surface area contributed by atoms with Gasteiger partial charge in [0.2, 0.25) is 11.0 Å². The van der Waals surface area contributed by atoms with E-state index in [9.17, 15) is 4.39 Å². The first-order valence-electron chi connectivity index (χ1n) is 7.87. The van der Waals surface area contributed by atoms with Gasteiger partial charge >= 0.3 is 0 Å². The van der Waals surface area contributed by atoms with Gasteiger partial charge in [0, 0.05) is 11.3 Å². The SMILES string of the molecule is Cc1ccc(-c2nc(CSc3nnnn3-c3cccc(F)c3)co2)cc1. The molecular formula is C18H14FN5OS. The maximum Gasteiger partial charge on any atom is 0.226 e. The van der Waals surface area contributed by atoms with Crippen LogP contribution in [0.3, 0.4) is 0 Å². The van der Waals surface area contributed by atoms with Crippen LogP contribution in [0.15, 0.2) is 64.4 Å². The van der Waals surface area contributed by atoms with Crippen LogP contribution in [-0.4, -0.2) is 25.2 Å². The molecule has 0 saturated carbocycles. The summed E-state index contributed by atoms with van der Waals surface area (Å²) in [5.41, 5.74) is 3.45. The van der Waals surface area contributed by atoms with E-state index in [4.69, 9.17) is 4.42 Å². The number of oxazole rings is 1. The van der Waals surface area contributed by atoms with Gasteiger partial charge in [0.25, 0.3) is 0 Å². The van der Waals surface area contributed by atoms with Crippen LogP contribution in [-0.2, 0) is 5.75 Å². The van der Waals surface area contributed by atoms with Gasteiger partial charge in [-0.25, -0.2) is 9.37 Å². The zero-order valence-electron chi connectivity index (χ0n) is 13.8. The van der Waals surface area contributed by atoms with E-state index in [1.165, 1.54) is 34.1 Å². The molecule has 6 nitrogen and oxygen atoms in total. The fourth-order valence-corrected chi connectivity index (χ4v) is 3.15. The van der Waals surface area contributed by atoms with Crippen LogP contribution in [0.5, 0.6) is 0 Å². The first kappa shape index (κ1) is 16.5. The van der Waals surface area contributed by atoms with Crippen LogP contribution in [0, 0.1) is 12.7 Å². The second kappa shape index (κ2) is 7.09. The van der Waals surface area contributed by atoms with Gasteiger partial charge < -0.3 is 4.42 Å². The Hall–Kier alpha value is -3.00. The average Bonchev–Trinajstić information content (AvgIpc) is 3.30. The van der Waals surface area contributed by atoms with Crippen LogP contribution in [0.4, 0.5) is 4.39 Å². The third-order valence-electron chi connectivity index (χ3n) is 3.69. The van der Waals surface area contributed by atoms with E-state index in [1.54, 1.807) is 18.4 Å². The zero-order valence-corrected chi connectivity index (χ0v) is 14.7. The second-order valence-corrected chi connectivity index (χ2v) is 6.59. The zero-order chi connectivity index (χ0) is 17.9. The number of aromatic nitrogens is 5. The van der Waals surface area contributed by atoms with E-state index in [-0.39, 0.29) is 5.82 Å². The van der Waals surface area contributed by atoms with Crippen molar-refractivity contribution in [2.45, 2.75) is 17.8 Å². The number of halogens is 1. The van der Waals surface area contributed by atoms with Crippen molar-refractivity contribution < 1.29 is 8.81 Å². The van der Waals surface area contributed by atoms with Crippen LogP contribution < -0.4 is 0 Å². The predicted octanol–water partition coefficient (Wildman–Crippen LogP) is 4.06. The molecule has 0 aliphatic rings. The minimum absolute atomic E-state index is 0.340. The minimum Gasteiger partial charge on any atom is -0.444 e. The molecule has 0 radical (unpaired) electrons. The highest BCUT2D eigenvalue weighted by molar-refractivity contribution is 7.98. The quantitative estimate of drug-likeness (QED) is 0.496. The molecule has 0 saturated heterocycles. The predicted molar refractivity (Wildman–Crippen MR) is 95.3 cm³/mol. The molecule has 0 aliphatic carbocycles. The summed E-state index contributed by atoms with van der Waals surface area (Å²) in [5.74, 6) is 0.768. The topological polar surface area (TPSA) is 69.6 Å². The molecule has 0 fully saturated rings. The smallest absolute Gasteiger partial charge is 0.226 e. The van der Waals surface area contributed by atoms with Gasteiger partial charge in [0.05, 0.1) is 11.4 Å². The molecule has 0 unspecified atom stereocenters. The number of hydrogen-bond donors (Lipinski definition) is 0. The van der Waals surface area contributed by atoms with Crippen molar-refractivity contribution in [3.05, 3.63) is 71.9 Å². The van der Waals surface area contributed by atoms with Crippen molar-refractivity contribution in [1.82, 2.24) is 25.2 Å². The molecule has 26 heavy (non-hydrogen) atoms. The number of hydrogen-bond acceptors (Lipinski definition) is 6. The lowest BCUT2D eigenvalue weighted by molar-refractivity contribution is 0.573. The number of benzene rings is 2. The Labute approximate surface area is 153 Å². The Balaban J connectivity index is 1.49. The summed E-state index contributed by atoms with van der Waals surface area (Å²) in [7, 11) is 0. The third kappa shape index (κ3) is 3.50. The molecule has 130 valence electrons. The van der Waals surface area contributed by atoms with Gasteiger partial charge in [0.15, 0.2) is 0 Å². The molecule has 0 N–H and O–H groups in total. The molecule has 0 bridgehead atoms. The number of aryl methyl sites for hydroxylation is 1. The van der Waals surface area contributed by atoms with E-state index in [1.807, 2.05) is 31.2 Å². The van der Waals surface area contributed by atoms with Gasteiger partial charge in [-0.3, -0.25) is 0 Å². The summed E-state index contributed by atoms with van der Waals surface area (Å²) in [6.07, 6.45) is 1.62. The number of nitrogens with zero attached hydrogens (tertiary/aromatic N) is 5. The normalized spacial score (nSPS) is 11.0. The Kier molecular flexibility index (Phi) is 4.49. The fraction of sp³-hybridized carbons (Fsp3) is 0.111. The fourth-order valence-electron chi connectivity index (χ4n) is 2.38. The van der Waals surface area contributed by atoms with Crippen LogP contribution in [0.25, 0.3) is 17.1 Å². The second-order valence-electron chi connectivity index (χ2n) is 5.65. The highest BCUT2D eigenvalue weighted by Gasteiger charge is 2.12. The molecule has 4 aromatic rings. The first-order valence-corrected chi connectivity index (χ1v) is 8.86. The molecule has 2 heterocycles. The highest BCUT2D eigenvalue weighted by Crippen LogP contribution is 2.25. The molecule has 0 amide bonds. The van der Waals surface area contributed by atoms with Crippen molar-refractivity contribution in [2.75, 3.05) is 0 Å². The molecule has 0 atom stereocenters. The van der Waals surface area contributed by atoms with E-state index in [2.05, 4.69) is 20.5 Å². The summed E-state index contributed by atoms with van der Waals surface area (Å²) in [6, 6.07) is 14.1. The van der Waals surface area contributed by atoms with Crippen molar-refractivity contribution in [2.24, 2.45) is 0 Å². The molecule has 8 heteroatoms. The number of tetrazole rings is 1. The van der Waals surface area contributed by atoms with Crippen molar-refractivity contribution in [1.29, 1.82) is 0 Å². The lowest BCUT2D eigenvalue weighted by Gasteiger charge is -2.03. The first-order chi connectivity index (χ1) is 12.7. The van der Waals surface area contributed by atoms with E-state index < -0.39 is 0 Å². The van der Waals surface area contributed by atoms with Gasteiger partial charge in [-0.2, -0.15) is 4.68 Å². The van der Waals surface area contributed by atoms with Gasteiger partial charge in [0.1, 0.15) is 12.1 Å². The van der Waals surface area contributed by atoms with Crippen LogP contribution in [0.2, 0.25) is 0 Å². The number of thioether (sulfide) groups is 1. The van der Waals surface area contributed by atoms with Crippen molar-refractivity contribution in [3.8, 4) is 17.1 Å². The molecule has 2 aromatic heterocycles. The average molecular weight is 367 g/mol. The largest absolute Gasteiger partial charge is 0.444 e. The Morgan fingerprint density at radius 1 is 1.15 bits per heavy atom. The summed E-state index contributed by atoms with van der Waals surface area (Å²) >= 11 is 1.40. The lowest BCUT2D eigenvalue weighted by Crippen LogP contribution is -1.99. The van der Waals surface area contributed by atoms with E-state index in [0.717, 1.165) is 11.3 Å². The molecule has 4 rings (SSSR count). The third-order valence-corrected chi connectivity index (χ3v) is 4.65. The Bertz CT molecular complexity index is 1030. The molecule has 2 aromatic carbocycles. The molecule has 0 spiro atoms. The number of rotatable bonds is 5. The van der Waals surface area contributed by atoms with Crippen LogP contribution >= 0.6 is 11.8 Å². The Morgan fingerprint density at radius 3 is 2.81 bits per heavy atom. The van der Waals surface area contributed by atoms with Crippen LogP contribution in [0.1, 0.15) is 11.3 Å². The van der Waals surface area contributed by atoms with Gasteiger partial charge in [-0.05, 0) is 47.7 Å². The summed E-state index contributed by atoms with van der Waals surface area (Å²) < 4.78 is 20.5.